The summed E-state index contributed by atoms with van der Waals surface area (Å²) < 4.78 is 2.53. The van der Waals surface area contributed by atoms with Crippen LogP contribution in [-0.4, -0.2) is 4.57 Å². The highest BCUT2D eigenvalue weighted by atomic mass is 15.1. The van der Waals surface area contributed by atoms with E-state index in [0.29, 0.717) is 0 Å². The molecular formula is C59H42N2. The minimum Gasteiger partial charge on any atom is -0.309 e. The van der Waals surface area contributed by atoms with Gasteiger partial charge < -0.3 is 9.47 Å². The fourth-order valence-corrected chi connectivity index (χ4v) is 10.4. The molecule has 1 heterocycles. The predicted octanol–water partition coefficient (Wildman–Crippen LogP) is 16.2. The topological polar surface area (TPSA) is 8.17 Å². The van der Waals surface area contributed by atoms with Crippen molar-refractivity contribution in [2.45, 2.75) is 19.3 Å². The molecule has 0 amide bonds. The SMILES string of the molecule is CC1(C)c2ccccc2-c2ccc3c4cc(-c5ccc(N(c6cccc7ccccc67)c6cccc7ccccc67)cc5)c(-c5ccccc5)cc4n(-c4ccccc4)c3c21. The minimum absolute atomic E-state index is 0.173. The molecule has 10 aromatic carbocycles. The van der Waals surface area contributed by atoms with Crippen molar-refractivity contribution in [1.29, 1.82) is 0 Å². The second kappa shape index (κ2) is 13.7. The summed E-state index contributed by atoms with van der Waals surface area (Å²) in [5.41, 5.74) is 17.1. The lowest BCUT2D eigenvalue weighted by Crippen LogP contribution is -2.16. The Morgan fingerprint density at radius 1 is 0.393 bits per heavy atom. The maximum Gasteiger partial charge on any atom is 0.0588 e. The molecule has 11 aromatic rings. The second-order valence-electron chi connectivity index (χ2n) is 16.9. The molecule has 0 aliphatic heterocycles. The second-order valence-corrected chi connectivity index (χ2v) is 16.9. The molecular weight excluding hydrogens is 737 g/mol. The van der Waals surface area contributed by atoms with Gasteiger partial charge in [0.15, 0.2) is 0 Å². The maximum absolute atomic E-state index is 2.53. The lowest BCUT2D eigenvalue weighted by Gasteiger charge is -2.28. The standard InChI is InChI=1S/C59H42N2/c1-59(2)53-28-14-13-27-47(53)48-35-36-49-52-37-50(51(41-17-5-3-6-18-41)38-56(52)61(58(49)57(48)59)43-23-7-4-8-24-43)42-31-33-44(34-32-42)60(54-29-15-21-39-19-9-11-25-45(39)54)55-30-16-22-40-20-10-12-26-46(40)55/h3-38H,1-2H3. The first-order chi connectivity index (χ1) is 30.0. The van der Waals surface area contributed by atoms with Crippen LogP contribution in [0, 0.1) is 0 Å². The van der Waals surface area contributed by atoms with E-state index in [1.54, 1.807) is 0 Å². The molecule has 0 radical (unpaired) electrons. The number of anilines is 3. The number of rotatable bonds is 6. The molecule has 1 aliphatic rings. The largest absolute Gasteiger partial charge is 0.309 e. The molecule has 0 fully saturated rings. The Morgan fingerprint density at radius 2 is 0.951 bits per heavy atom. The Kier molecular flexibility index (Phi) is 7.92. The summed E-state index contributed by atoms with van der Waals surface area (Å²) in [5, 5.41) is 7.39. The van der Waals surface area contributed by atoms with Gasteiger partial charge in [0.2, 0.25) is 0 Å². The fourth-order valence-electron chi connectivity index (χ4n) is 10.4. The van der Waals surface area contributed by atoms with Crippen LogP contribution in [0.5, 0.6) is 0 Å². The lowest BCUT2D eigenvalue weighted by atomic mass is 9.81. The molecule has 0 bridgehead atoms. The van der Waals surface area contributed by atoms with Crippen LogP contribution in [0.2, 0.25) is 0 Å². The van der Waals surface area contributed by atoms with Crippen LogP contribution in [0.25, 0.3) is 82.4 Å². The molecule has 0 atom stereocenters. The van der Waals surface area contributed by atoms with Crippen molar-refractivity contribution >= 4 is 60.4 Å². The van der Waals surface area contributed by atoms with E-state index in [-0.39, 0.29) is 5.41 Å². The van der Waals surface area contributed by atoms with Crippen LogP contribution in [0.4, 0.5) is 17.1 Å². The average Bonchev–Trinajstić information content (AvgIpc) is 3.77. The van der Waals surface area contributed by atoms with Gasteiger partial charge >= 0.3 is 0 Å². The van der Waals surface area contributed by atoms with Crippen molar-refractivity contribution in [2.75, 3.05) is 4.90 Å². The third-order valence-corrected chi connectivity index (χ3v) is 13.1. The highest BCUT2D eigenvalue weighted by Gasteiger charge is 2.38. The fraction of sp³-hybridized carbons (Fsp3) is 0.0508. The number of hydrogen-bond acceptors (Lipinski definition) is 1. The van der Waals surface area contributed by atoms with Gasteiger partial charge in [0.25, 0.3) is 0 Å². The summed E-state index contributed by atoms with van der Waals surface area (Å²) in [4.78, 5) is 2.43. The number of nitrogens with zero attached hydrogens (tertiary/aromatic N) is 2. The van der Waals surface area contributed by atoms with Gasteiger partial charge in [-0.25, -0.2) is 0 Å². The van der Waals surface area contributed by atoms with Crippen LogP contribution in [-0.2, 0) is 5.41 Å². The summed E-state index contributed by atoms with van der Waals surface area (Å²) in [6.45, 7) is 4.79. The van der Waals surface area contributed by atoms with Gasteiger partial charge in [-0.05, 0) is 104 Å². The Balaban J connectivity index is 1.10. The van der Waals surface area contributed by atoms with Crippen LogP contribution < -0.4 is 4.90 Å². The van der Waals surface area contributed by atoms with Crippen molar-refractivity contribution in [2.24, 2.45) is 0 Å². The summed E-state index contributed by atoms with van der Waals surface area (Å²) >= 11 is 0. The van der Waals surface area contributed by atoms with E-state index in [2.05, 4.69) is 242 Å². The number of benzene rings is 10. The molecule has 0 saturated carbocycles. The smallest absolute Gasteiger partial charge is 0.0588 e. The Morgan fingerprint density at radius 3 is 1.64 bits per heavy atom. The van der Waals surface area contributed by atoms with E-state index in [1.807, 2.05) is 0 Å². The minimum atomic E-state index is -0.173. The monoisotopic (exact) mass is 778 g/mol. The highest BCUT2D eigenvalue weighted by Crippen LogP contribution is 2.54. The lowest BCUT2D eigenvalue weighted by molar-refractivity contribution is 0.664. The third kappa shape index (κ3) is 5.42. The normalized spacial score (nSPS) is 12.9. The summed E-state index contributed by atoms with van der Waals surface area (Å²) in [7, 11) is 0. The van der Waals surface area contributed by atoms with Gasteiger partial charge in [0, 0.05) is 38.3 Å². The van der Waals surface area contributed by atoms with Gasteiger partial charge in [0.05, 0.1) is 22.4 Å². The summed E-state index contributed by atoms with van der Waals surface area (Å²) in [5.74, 6) is 0. The first-order valence-electron chi connectivity index (χ1n) is 21.3. The molecule has 1 aliphatic carbocycles. The predicted molar refractivity (Wildman–Crippen MR) is 259 cm³/mol. The first-order valence-corrected chi connectivity index (χ1v) is 21.3. The summed E-state index contributed by atoms with van der Waals surface area (Å²) in [6, 6.07) is 80.3. The molecule has 12 rings (SSSR count). The maximum atomic E-state index is 2.53. The van der Waals surface area contributed by atoms with Gasteiger partial charge in [-0.15, -0.1) is 0 Å². The number of fused-ring (bicyclic) bond motifs is 9. The van der Waals surface area contributed by atoms with Gasteiger partial charge in [-0.3, -0.25) is 0 Å². The van der Waals surface area contributed by atoms with E-state index < -0.39 is 0 Å². The van der Waals surface area contributed by atoms with Crippen molar-refractivity contribution in [3.63, 3.8) is 0 Å². The molecule has 2 heteroatoms. The van der Waals surface area contributed by atoms with Crippen molar-refractivity contribution in [3.05, 3.63) is 230 Å². The Labute approximate surface area is 356 Å². The number of para-hydroxylation sites is 1. The van der Waals surface area contributed by atoms with E-state index in [4.69, 9.17) is 0 Å². The Hall–Kier alpha value is -7.68. The molecule has 0 N–H and O–H groups in total. The quantitative estimate of drug-likeness (QED) is 0.163. The van der Waals surface area contributed by atoms with E-state index in [9.17, 15) is 0 Å². The van der Waals surface area contributed by atoms with Crippen molar-refractivity contribution in [1.82, 2.24) is 4.57 Å². The molecule has 0 spiro atoms. The van der Waals surface area contributed by atoms with Gasteiger partial charge in [0.1, 0.15) is 0 Å². The molecule has 0 unspecified atom stereocenters. The highest BCUT2D eigenvalue weighted by molar-refractivity contribution is 6.16. The number of aromatic nitrogens is 1. The van der Waals surface area contributed by atoms with Crippen LogP contribution in [0.1, 0.15) is 25.0 Å². The zero-order valence-corrected chi connectivity index (χ0v) is 34.2. The van der Waals surface area contributed by atoms with Crippen molar-refractivity contribution < 1.29 is 0 Å². The molecule has 0 saturated heterocycles. The zero-order chi connectivity index (χ0) is 40.7. The van der Waals surface area contributed by atoms with Crippen LogP contribution >= 0.6 is 0 Å². The third-order valence-electron chi connectivity index (χ3n) is 13.1. The van der Waals surface area contributed by atoms with Crippen LogP contribution in [0.3, 0.4) is 0 Å². The number of hydrogen-bond donors (Lipinski definition) is 0. The van der Waals surface area contributed by atoms with E-state index in [0.717, 1.165) is 17.1 Å². The first kappa shape index (κ1) is 35.3. The van der Waals surface area contributed by atoms with E-state index in [1.165, 1.54) is 93.5 Å². The zero-order valence-electron chi connectivity index (χ0n) is 34.2. The van der Waals surface area contributed by atoms with E-state index >= 15 is 0 Å². The van der Waals surface area contributed by atoms with Gasteiger partial charge in [-0.2, -0.15) is 0 Å². The van der Waals surface area contributed by atoms with Crippen molar-refractivity contribution in [3.8, 4) is 39.1 Å². The molecule has 2 nitrogen and oxygen atoms in total. The average molecular weight is 779 g/mol. The van der Waals surface area contributed by atoms with Gasteiger partial charge in [-0.1, -0.05) is 184 Å². The van der Waals surface area contributed by atoms with Crippen LogP contribution in [0.15, 0.2) is 218 Å². The summed E-state index contributed by atoms with van der Waals surface area (Å²) in [6.07, 6.45) is 0. The molecule has 288 valence electrons. The Bertz CT molecular complexity index is 3390. The molecule has 1 aromatic heterocycles. The molecule has 61 heavy (non-hydrogen) atoms.